The Morgan fingerprint density at radius 1 is 1.31 bits per heavy atom. The average Bonchev–Trinajstić information content (AvgIpc) is 2.15. The number of hydrogen-bond acceptors (Lipinski definition) is 1. The Morgan fingerprint density at radius 3 is 2.38 bits per heavy atom. The molecule has 0 aromatic heterocycles. The second-order valence-corrected chi connectivity index (χ2v) is 2.90. The minimum atomic E-state index is 0.825. The number of methoxy groups -OCH3 is 1. The van der Waals surface area contributed by atoms with Crippen LogP contribution in [0, 0.1) is 0 Å². The predicted octanol–water partition coefficient (Wildman–Crippen LogP) is 3.25. The van der Waals surface area contributed by atoms with Gasteiger partial charge in [0.25, 0.3) is 0 Å². The summed E-state index contributed by atoms with van der Waals surface area (Å²) in [4.78, 5) is 0. The predicted molar refractivity (Wildman–Crippen MR) is 56.2 cm³/mol. The summed E-state index contributed by atoms with van der Waals surface area (Å²) < 4.78 is 5.18. The minimum absolute atomic E-state index is 0.825. The minimum Gasteiger partial charge on any atom is -0.496 e. The molecule has 68 valence electrons. The fourth-order valence-corrected chi connectivity index (χ4v) is 1.06. The highest BCUT2D eigenvalue weighted by molar-refractivity contribution is 5.55. The summed E-state index contributed by atoms with van der Waals surface area (Å²) in [5.41, 5.74) is 2.06. The van der Waals surface area contributed by atoms with Crippen molar-refractivity contribution in [2.45, 2.75) is 6.92 Å². The van der Waals surface area contributed by atoms with Crippen molar-refractivity contribution in [3.63, 3.8) is 0 Å². The van der Waals surface area contributed by atoms with Crippen molar-refractivity contribution in [2.75, 3.05) is 7.11 Å². The third-order valence-electron chi connectivity index (χ3n) is 1.74. The van der Waals surface area contributed by atoms with Crippen molar-refractivity contribution < 1.29 is 4.74 Å². The van der Waals surface area contributed by atoms with Gasteiger partial charge in [0.05, 0.1) is 7.11 Å². The Morgan fingerprint density at radius 2 is 1.92 bits per heavy atom. The topological polar surface area (TPSA) is 9.23 Å². The van der Waals surface area contributed by atoms with Crippen LogP contribution >= 0.6 is 0 Å². The standard InChI is InChI=1S/C12H14O/c1-10(2)12(13-3)9-11-7-5-4-6-8-11/h4-9H,1H2,2-3H3/b12-9+. The molecule has 0 saturated carbocycles. The van der Waals surface area contributed by atoms with Crippen LogP contribution < -0.4 is 0 Å². The van der Waals surface area contributed by atoms with Crippen LogP contribution in [0.3, 0.4) is 0 Å². The van der Waals surface area contributed by atoms with Gasteiger partial charge in [0.15, 0.2) is 0 Å². The van der Waals surface area contributed by atoms with E-state index in [1.54, 1.807) is 7.11 Å². The maximum atomic E-state index is 5.18. The van der Waals surface area contributed by atoms with E-state index in [0.29, 0.717) is 0 Å². The summed E-state index contributed by atoms with van der Waals surface area (Å²) in [7, 11) is 1.66. The summed E-state index contributed by atoms with van der Waals surface area (Å²) >= 11 is 0. The molecular formula is C12H14O. The highest BCUT2D eigenvalue weighted by Crippen LogP contribution is 2.12. The van der Waals surface area contributed by atoms with Crippen molar-refractivity contribution in [3.8, 4) is 0 Å². The fourth-order valence-electron chi connectivity index (χ4n) is 1.06. The second-order valence-electron chi connectivity index (χ2n) is 2.90. The van der Waals surface area contributed by atoms with Gasteiger partial charge in [-0.2, -0.15) is 0 Å². The average molecular weight is 174 g/mol. The lowest BCUT2D eigenvalue weighted by Crippen LogP contribution is -1.86. The van der Waals surface area contributed by atoms with Crippen molar-refractivity contribution in [3.05, 3.63) is 53.8 Å². The Labute approximate surface area is 79.4 Å². The molecule has 13 heavy (non-hydrogen) atoms. The van der Waals surface area contributed by atoms with E-state index in [9.17, 15) is 0 Å². The van der Waals surface area contributed by atoms with E-state index in [0.717, 1.165) is 16.9 Å². The highest BCUT2D eigenvalue weighted by Gasteiger charge is 1.96. The van der Waals surface area contributed by atoms with Gasteiger partial charge in [0.1, 0.15) is 5.76 Å². The first-order valence-corrected chi connectivity index (χ1v) is 4.20. The Bertz CT molecular complexity index is 309. The van der Waals surface area contributed by atoms with E-state index in [4.69, 9.17) is 4.74 Å². The molecule has 1 aromatic carbocycles. The van der Waals surface area contributed by atoms with Crippen LogP contribution in [0.1, 0.15) is 12.5 Å². The molecule has 0 amide bonds. The van der Waals surface area contributed by atoms with Gasteiger partial charge >= 0.3 is 0 Å². The monoisotopic (exact) mass is 174 g/mol. The van der Waals surface area contributed by atoms with Crippen LogP contribution in [0.5, 0.6) is 0 Å². The molecule has 1 heteroatoms. The summed E-state index contributed by atoms with van der Waals surface area (Å²) in [5.74, 6) is 0.825. The van der Waals surface area contributed by atoms with E-state index < -0.39 is 0 Å². The van der Waals surface area contributed by atoms with E-state index >= 15 is 0 Å². The van der Waals surface area contributed by atoms with Gasteiger partial charge < -0.3 is 4.74 Å². The summed E-state index contributed by atoms with van der Waals surface area (Å²) in [6, 6.07) is 10.0. The normalized spacial score (nSPS) is 11.1. The second kappa shape index (κ2) is 4.51. The zero-order valence-corrected chi connectivity index (χ0v) is 8.08. The summed E-state index contributed by atoms with van der Waals surface area (Å²) in [5, 5.41) is 0. The smallest absolute Gasteiger partial charge is 0.121 e. The molecule has 1 aromatic rings. The van der Waals surface area contributed by atoms with Gasteiger partial charge in [-0.05, 0) is 24.1 Å². The van der Waals surface area contributed by atoms with Crippen LogP contribution in [0.4, 0.5) is 0 Å². The zero-order valence-electron chi connectivity index (χ0n) is 8.08. The molecule has 1 rings (SSSR count). The van der Waals surface area contributed by atoms with Crippen LogP contribution in [0.15, 0.2) is 48.2 Å². The Hall–Kier alpha value is -1.50. The SMILES string of the molecule is C=C(C)/C(=C\c1ccccc1)OC. The van der Waals surface area contributed by atoms with Gasteiger partial charge in [-0.15, -0.1) is 0 Å². The third kappa shape index (κ3) is 2.79. The molecule has 0 radical (unpaired) electrons. The molecule has 0 aliphatic heterocycles. The molecule has 1 nitrogen and oxygen atoms in total. The maximum Gasteiger partial charge on any atom is 0.121 e. The third-order valence-corrected chi connectivity index (χ3v) is 1.74. The van der Waals surface area contributed by atoms with E-state index in [1.165, 1.54) is 0 Å². The lowest BCUT2D eigenvalue weighted by atomic mass is 10.1. The molecule has 0 bridgehead atoms. The van der Waals surface area contributed by atoms with Crippen molar-refractivity contribution in [1.29, 1.82) is 0 Å². The lowest BCUT2D eigenvalue weighted by Gasteiger charge is -2.04. The van der Waals surface area contributed by atoms with Crippen molar-refractivity contribution in [1.82, 2.24) is 0 Å². The quantitative estimate of drug-likeness (QED) is 0.505. The van der Waals surface area contributed by atoms with E-state index in [2.05, 4.69) is 6.58 Å². The molecule has 0 aliphatic rings. The molecular weight excluding hydrogens is 160 g/mol. The molecule has 0 spiro atoms. The molecule has 0 fully saturated rings. The molecule has 0 saturated heterocycles. The molecule has 0 aliphatic carbocycles. The highest BCUT2D eigenvalue weighted by atomic mass is 16.5. The van der Waals surface area contributed by atoms with Gasteiger partial charge in [-0.1, -0.05) is 36.9 Å². The van der Waals surface area contributed by atoms with Crippen molar-refractivity contribution >= 4 is 6.08 Å². The van der Waals surface area contributed by atoms with Crippen molar-refractivity contribution in [2.24, 2.45) is 0 Å². The summed E-state index contributed by atoms with van der Waals surface area (Å²) in [6.07, 6.45) is 1.97. The van der Waals surface area contributed by atoms with Crippen LogP contribution in [-0.2, 0) is 4.74 Å². The van der Waals surface area contributed by atoms with Crippen LogP contribution in [-0.4, -0.2) is 7.11 Å². The number of rotatable bonds is 3. The number of ether oxygens (including phenoxy) is 1. The van der Waals surface area contributed by atoms with Gasteiger partial charge in [-0.25, -0.2) is 0 Å². The van der Waals surface area contributed by atoms with Gasteiger partial charge in [-0.3, -0.25) is 0 Å². The van der Waals surface area contributed by atoms with Crippen LogP contribution in [0.25, 0.3) is 6.08 Å². The number of benzene rings is 1. The first kappa shape index (κ1) is 9.59. The Balaban J connectivity index is 2.92. The van der Waals surface area contributed by atoms with Gasteiger partial charge in [0, 0.05) is 0 Å². The lowest BCUT2D eigenvalue weighted by molar-refractivity contribution is 0.305. The van der Waals surface area contributed by atoms with E-state index in [-0.39, 0.29) is 0 Å². The fraction of sp³-hybridized carbons (Fsp3) is 0.167. The largest absolute Gasteiger partial charge is 0.496 e. The number of hydrogen-bond donors (Lipinski definition) is 0. The Kier molecular flexibility index (Phi) is 3.32. The summed E-state index contributed by atoms with van der Waals surface area (Å²) in [6.45, 7) is 5.76. The molecule has 0 N–H and O–H groups in total. The van der Waals surface area contributed by atoms with Crippen LogP contribution in [0.2, 0.25) is 0 Å². The zero-order chi connectivity index (χ0) is 9.68. The first-order chi connectivity index (χ1) is 6.24. The van der Waals surface area contributed by atoms with E-state index in [1.807, 2.05) is 43.3 Å². The first-order valence-electron chi connectivity index (χ1n) is 4.20. The van der Waals surface area contributed by atoms with Gasteiger partial charge in [0.2, 0.25) is 0 Å². The molecule has 0 atom stereocenters. The molecule has 0 unspecified atom stereocenters. The molecule has 0 heterocycles. The maximum absolute atomic E-state index is 5.18. The number of allylic oxidation sites excluding steroid dienone is 1.